The summed E-state index contributed by atoms with van der Waals surface area (Å²) < 4.78 is 7.14. The Kier molecular flexibility index (Phi) is 4.55. The Hall–Kier alpha value is -1.36. The van der Waals surface area contributed by atoms with E-state index in [-0.39, 0.29) is 5.91 Å². The average molecular weight is 237 g/mol. The molecule has 5 nitrogen and oxygen atoms in total. The minimum absolute atomic E-state index is 0.0890. The van der Waals surface area contributed by atoms with Crippen molar-refractivity contribution in [3.63, 3.8) is 0 Å². The van der Waals surface area contributed by atoms with Gasteiger partial charge < -0.3 is 10.1 Å². The van der Waals surface area contributed by atoms with Crippen molar-refractivity contribution in [3.05, 3.63) is 18.5 Å². The Morgan fingerprint density at radius 1 is 1.59 bits per heavy atom. The molecule has 1 aliphatic rings. The highest BCUT2D eigenvalue weighted by molar-refractivity contribution is 5.75. The predicted octanol–water partition coefficient (Wildman–Crippen LogP) is 0.816. The van der Waals surface area contributed by atoms with E-state index in [1.807, 2.05) is 12.3 Å². The summed E-state index contributed by atoms with van der Waals surface area (Å²) in [7, 11) is 0. The summed E-state index contributed by atoms with van der Waals surface area (Å²) in [6.07, 6.45) is 6.32. The van der Waals surface area contributed by atoms with Crippen LogP contribution in [-0.2, 0) is 16.1 Å². The first kappa shape index (κ1) is 12.1. The Balaban J connectivity index is 1.60. The fourth-order valence-electron chi connectivity index (χ4n) is 1.96. The van der Waals surface area contributed by atoms with Crippen molar-refractivity contribution in [2.45, 2.75) is 25.8 Å². The van der Waals surface area contributed by atoms with E-state index in [9.17, 15) is 4.79 Å². The van der Waals surface area contributed by atoms with Crippen LogP contribution in [0.3, 0.4) is 0 Å². The van der Waals surface area contributed by atoms with Crippen LogP contribution in [0.25, 0.3) is 0 Å². The zero-order valence-corrected chi connectivity index (χ0v) is 9.97. The van der Waals surface area contributed by atoms with Gasteiger partial charge in [-0.05, 0) is 24.8 Å². The second-order valence-corrected chi connectivity index (χ2v) is 4.41. The van der Waals surface area contributed by atoms with Gasteiger partial charge in [-0.25, -0.2) is 0 Å². The van der Waals surface area contributed by atoms with Crippen molar-refractivity contribution < 1.29 is 9.53 Å². The lowest BCUT2D eigenvalue weighted by atomic mass is 10.0. The molecule has 0 saturated carbocycles. The number of carbonyl (C=O) groups excluding carboxylic acids is 1. The minimum atomic E-state index is 0.0890. The summed E-state index contributed by atoms with van der Waals surface area (Å²) in [6.45, 7) is 3.02. The van der Waals surface area contributed by atoms with E-state index in [0.29, 0.717) is 18.9 Å². The summed E-state index contributed by atoms with van der Waals surface area (Å²) in [4.78, 5) is 11.6. The third kappa shape index (κ3) is 4.19. The van der Waals surface area contributed by atoms with Gasteiger partial charge in [-0.1, -0.05) is 0 Å². The van der Waals surface area contributed by atoms with Crippen LogP contribution in [0.1, 0.15) is 19.3 Å². The molecule has 1 N–H and O–H groups in total. The summed E-state index contributed by atoms with van der Waals surface area (Å²) in [5.74, 6) is 0.573. The molecule has 0 unspecified atom stereocenters. The minimum Gasteiger partial charge on any atom is -0.381 e. The first-order chi connectivity index (χ1) is 8.34. The van der Waals surface area contributed by atoms with Crippen LogP contribution in [0, 0.1) is 5.92 Å². The standard InChI is InChI=1S/C12H19N3O2/c16-12(4-7-15-6-2-5-14-15)13-9-11-3-1-8-17-10-11/h2,5-6,11H,1,3-4,7-10H2,(H,13,16)/t11-/m1/s1. The Morgan fingerprint density at radius 2 is 2.53 bits per heavy atom. The topological polar surface area (TPSA) is 56.2 Å². The number of ether oxygens (including phenoxy) is 1. The SMILES string of the molecule is O=C(CCn1cccn1)NC[C@H]1CCCOC1. The van der Waals surface area contributed by atoms with E-state index in [4.69, 9.17) is 4.74 Å². The number of nitrogens with zero attached hydrogens (tertiary/aromatic N) is 2. The third-order valence-corrected chi connectivity index (χ3v) is 2.97. The zero-order chi connectivity index (χ0) is 11.9. The number of hydrogen-bond acceptors (Lipinski definition) is 3. The van der Waals surface area contributed by atoms with E-state index in [0.717, 1.165) is 32.6 Å². The molecule has 5 heteroatoms. The van der Waals surface area contributed by atoms with Gasteiger partial charge in [0.2, 0.25) is 5.91 Å². The Morgan fingerprint density at radius 3 is 3.24 bits per heavy atom. The number of hydrogen-bond donors (Lipinski definition) is 1. The molecule has 0 spiro atoms. The Bertz CT molecular complexity index is 332. The van der Waals surface area contributed by atoms with Crippen LogP contribution >= 0.6 is 0 Å². The molecule has 1 amide bonds. The van der Waals surface area contributed by atoms with E-state index in [2.05, 4.69) is 10.4 Å². The number of carbonyl (C=O) groups is 1. The van der Waals surface area contributed by atoms with Crippen molar-refractivity contribution in [1.82, 2.24) is 15.1 Å². The van der Waals surface area contributed by atoms with E-state index >= 15 is 0 Å². The van der Waals surface area contributed by atoms with Gasteiger partial charge in [-0.15, -0.1) is 0 Å². The van der Waals surface area contributed by atoms with Gasteiger partial charge in [0.05, 0.1) is 6.61 Å². The monoisotopic (exact) mass is 237 g/mol. The largest absolute Gasteiger partial charge is 0.381 e. The fraction of sp³-hybridized carbons (Fsp3) is 0.667. The van der Waals surface area contributed by atoms with Crippen molar-refractivity contribution in [1.29, 1.82) is 0 Å². The Labute approximate surface area is 101 Å². The lowest BCUT2D eigenvalue weighted by Gasteiger charge is -2.22. The lowest BCUT2D eigenvalue weighted by Crippen LogP contribution is -2.33. The van der Waals surface area contributed by atoms with Crippen LogP contribution in [0.5, 0.6) is 0 Å². The van der Waals surface area contributed by atoms with E-state index < -0.39 is 0 Å². The molecule has 1 atom stereocenters. The highest BCUT2D eigenvalue weighted by Gasteiger charge is 2.14. The van der Waals surface area contributed by atoms with Crippen molar-refractivity contribution in [3.8, 4) is 0 Å². The first-order valence-electron chi connectivity index (χ1n) is 6.16. The molecule has 0 aromatic carbocycles. The summed E-state index contributed by atoms with van der Waals surface area (Å²) in [6, 6.07) is 1.86. The molecular formula is C12H19N3O2. The molecule has 1 saturated heterocycles. The maximum Gasteiger partial charge on any atom is 0.221 e. The molecule has 17 heavy (non-hydrogen) atoms. The summed E-state index contributed by atoms with van der Waals surface area (Å²) >= 11 is 0. The van der Waals surface area contributed by atoms with Gasteiger partial charge in [-0.3, -0.25) is 9.48 Å². The molecule has 1 aromatic rings. The normalized spacial score (nSPS) is 20.1. The molecular weight excluding hydrogens is 218 g/mol. The van der Waals surface area contributed by atoms with Gasteiger partial charge in [0.15, 0.2) is 0 Å². The molecule has 1 aliphatic heterocycles. The first-order valence-corrected chi connectivity index (χ1v) is 6.16. The molecule has 0 aliphatic carbocycles. The molecule has 2 rings (SSSR count). The molecule has 2 heterocycles. The van der Waals surface area contributed by atoms with Crippen molar-refractivity contribution in [2.24, 2.45) is 5.92 Å². The smallest absolute Gasteiger partial charge is 0.221 e. The fourth-order valence-corrected chi connectivity index (χ4v) is 1.96. The van der Waals surface area contributed by atoms with Crippen LogP contribution in [-0.4, -0.2) is 35.4 Å². The number of rotatable bonds is 5. The highest BCUT2D eigenvalue weighted by atomic mass is 16.5. The molecule has 1 aromatic heterocycles. The van der Waals surface area contributed by atoms with Gasteiger partial charge in [0.1, 0.15) is 0 Å². The maximum atomic E-state index is 11.6. The quantitative estimate of drug-likeness (QED) is 0.824. The van der Waals surface area contributed by atoms with Crippen molar-refractivity contribution >= 4 is 5.91 Å². The number of amides is 1. The van der Waals surface area contributed by atoms with Gasteiger partial charge in [-0.2, -0.15) is 5.10 Å². The number of nitrogens with one attached hydrogen (secondary N) is 1. The van der Waals surface area contributed by atoms with Crippen LogP contribution in [0.4, 0.5) is 0 Å². The number of aryl methyl sites for hydroxylation is 1. The highest BCUT2D eigenvalue weighted by Crippen LogP contribution is 2.12. The third-order valence-electron chi connectivity index (χ3n) is 2.97. The molecule has 0 radical (unpaired) electrons. The number of aromatic nitrogens is 2. The van der Waals surface area contributed by atoms with Gasteiger partial charge >= 0.3 is 0 Å². The average Bonchev–Trinajstić information content (AvgIpc) is 2.88. The molecule has 0 bridgehead atoms. The summed E-state index contributed by atoms with van der Waals surface area (Å²) in [5, 5.41) is 7.01. The molecule has 1 fully saturated rings. The maximum absolute atomic E-state index is 11.6. The van der Waals surface area contributed by atoms with Gasteiger partial charge in [0, 0.05) is 38.5 Å². The van der Waals surface area contributed by atoms with Crippen LogP contribution < -0.4 is 5.32 Å². The van der Waals surface area contributed by atoms with Gasteiger partial charge in [0.25, 0.3) is 0 Å². The summed E-state index contributed by atoms with van der Waals surface area (Å²) in [5.41, 5.74) is 0. The van der Waals surface area contributed by atoms with E-state index in [1.165, 1.54) is 0 Å². The second-order valence-electron chi connectivity index (χ2n) is 4.41. The zero-order valence-electron chi connectivity index (χ0n) is 9.97. The van der Waals surface area contributed by atoms with Crippen LogP contribution in [0.15, 0.2) is 18.5 Å². The van der Waals surface area contributed by atoms with Crippen LogP contribution in [0.2, 0.25) is 0 Å². The molecule has 94 valence electrons. The second kappa shape index (κ2) is 6.39. The van der Waals surface area contributed by atoms with E-state index in [1.54, 1.807) is 10.9 Å². The lowest BCUT2D eigenvalue weighted by molar-refractivity contribution is -0.121. The predicted molar refractivity (Wildman–Crippen MR) is 63.4 cm³/mol. The van der Waals surface area contributed by atoms with Crippen molar-refractivity contribution in [2.75, 3.05) is 19.8 Å².